The minimum atomic E-state index is -5.78. The number of phosphoric ester groups is 2. The summed E-state index contributed by atoms with van der Waals surface area (Å²) in [5.74, 6) is 3.93. The van der Waals surface area contributed by atoms with E-state index in [-0.39, 0.29) is 59.4 Å². The van der Waals surface area contributed by atoms with Crippen LogP contribution in [0.15, 0.2) is 126 Å². The van der Waals surface area contributed by atoms with Crippen LogP contribution in [0.2, 0.25) is 0 Å². The van der Waals surface area contributed by atoms with Crippen molar-refractivity contribution >= 4 is 96.1 Å². The van der Waals surface area contributed by atoms with Gasteiger partial charge in [-0.3, -0.25) is 67.1 Å². The van der Waals surface area contributed by atoms with Crippen LogP contribution in [0.4, 0.5) is 11.4 Å². The normalized spacial score (nSPS) is 21.0. The van der Waals surface area contributed by atoms with E-state index in [4.69, 9.17) is 29.0 Å². The molecule has 14 N–H and O–H groups in total. The zero-order valence-electron chi connectivity index (χ0n) is 58.8. The molecule has 0 saturated carbocycles. The highest BCUT2D eigenvalue weighted by molar-refractivity contribution is 7.86. The number of unbranched alkanes of at least 4 members (excludes halogenated alkanes) is 4. The van der Waals surface area contributed by atoms with Crippen molar-refractivity contribution < 1.29 is 142 Å². The quantitative estimate of drug-likeness (QED) is 0.00555. The number of aromatic nitrogens is 4. The minimum absolute atomic E-state index is 0.00204. The third-order valence-corrected chi connectivity index (χ3v) is 26.4. The Bertz CT molecular complexity index is 5380. The number of anilines is 1. The summed E-state index contributed by atoms with van der Waals surface area (Å²) in [7, 11) is -42.9. The van der Waals surface area contributed by atoms with Crippen molar-refractivity contribution in [1.29, 1.82) is 0 Å². The molecule has 2 amide bonds. The Kier molecular flexibility index (Phi) is 29.1. The molecule has 0 radical (unpaired) electrons. The van der Waals surface area contributed by atoms with Gasteiger partial charge in [-0.2, -0.15) is 38.7 Å². The number of allylic oxidation sites excluding steroid dienone is 8. The maximum absolute atomic E-state index is 12.9. The molecular formula is C61H77N8O34P6S2+. The number of fused-ring (bicyclic) bond motifs is 2. The van der Waals surface area contributed by atoms with E-state index in [0.717, 1.165) is 32.9 Å². The van der Waals surface area contributed by atoms with Gasteiger partial charge in [0.15, 0.2) is 5.71 Å². The van der Waals surface area contributed by atoms with E-state index < -0.39 is 150 Å². The Morgan fingerprint density at radius 3 is 1.51 bits per heavy atom. The van der Waals surface area contributed by atoms with Gasteiger partial charge in [0, 0.05) is 84.8 Å². The van der Waals surface area contributed by atoms with Crippen LogP contribution < -0.4 is 38.0 Å². The van der Waals surface area contributed by atoms with Crippen molar-refractivity contribution in [3.8, 4) is 23.9 Å². The van der Waals surface area contributed by atoms with Gasteiger partial charge in [0.2, 0.25) is 17.5 Å². The van der Waals surface area contributed by atoms with Crippen LogP contribution >= 0.6 is 46.9 Å². The zero-order valence-corrected chi connectivity index (χ0v) is 65.8. The van der Waals surface area contributed by atoms with Crippen molar-refractivity contribution in [2.24, 2.45) is 0 Å². The summed E-state index contributed by atoms with van der Waals surface area (Å²) in [5, 5.41) is 4.78. The largest absolute Gasteiger partial charge is 0.490 e. The maximum Gasteiger partial charge on any atom is 0.490 e. The summed E-state index contributed by atoms with van der Waals surface area (Å²) in [5.41, 5.74) is -1.74. The number of H-pyrrole nitrogens is 2. The molecule has 6 heterocycles. The van der Waals surface area contributed by atoms with Gasteiger partial charge in [0.05, 0.1) is 40.6 Å². The molecule has 0 aliphatic carbocycles. The average Bonchev–Trinajstić information content (AvgIpc) is 1.59. The fraction of sp³-hybridized carbons (Fsp3) is 0.426. The monoisotopic (exact) mass is 1720 g/mol. The van der Waals surface area contributed by atoms with Gasteiger partial charge in [-0.1, -0.05) is 50.6 Å². The number of nitrogens with one attached hydrogen (secondary N) is 4. The molecular weight excluding hydrogens is 1640 g/mol. The fourth-order valence-corrected chi connectivity index (χ4v) is 19.2. The van der Waals surface area contributed by atoms with E-state index in [1.807, 2.05) is 49.3 Å². The van der Waals surface area contributed by atoms with Crippen molar-refractivity contribution in [3.63, 3.8) is 0 Å². The van der Waals surface area contributed by atoms with Crippen LogP contribution in [-0.2, 0) is 104 Å². The molecule has 111 heavy (non-hydrogen) atoms. The Morgan fingerprint density at radius 2 is 1.04 bits per heavy atom. The third-order valence-electron chi connectivity index (χ3n) is 17.0. The Morgan fingerprint density at radius 1 is 0.586 bits per heavy atom. The zero-order chi connectivity index (χ0) is 82.1. The lowest BCUT2D eigenvalue weighted by Crippen LogP contribution is -2.34. The van der Waals surface area contributed by atoms with Crippen LogP contribution in [-0.4, -0.2) is 145 Å². The number of hydrogen-bond acceptors (Lipinski definition) is 25. The molecule has 50 heteroatoms. The predicted octanol–water partition coefficient (Wildman–Crippen LogP) is 5.02. The smallest absolute Gasteiger partial charge is 0.352 e. The molecule has 0 bridgehead atoms. The Labute approximate surface area is 631 Å². The number of carbonyl (C=O) groups is 2. The summed E-state index contributed by atoms with van der Waals surface area (Å²) in [4.78, 5) is 156. The highest BCUT2D eigenvalue weighted by Gasteiger charge is 2.47. The molecule has 2 aromatic heterocycles. The number of carbonyl (C=O) groups excluding carboxylic acids is 2. The molecule has 4 aliphatic rings. The molecule has 4 aliphatic heterocycles. The van der Waals surface area contributed by atoms with E-state index in [1.165, 1.54) is 24.3 Å². The van der Waals surface area contributed by atoms with E-state index in [0.29, 0.717) is 74.1 Å². The van der Waals surface area contributed by atoms with Crippen molar-refractivity contribution in [3.05, 3.63) is 161 Å². The van der Waals surface area contributed by atoms with Crippen LogP contribution in [0.5, 0.6) is 0 Å². The van der Waals surface area contributed by atoms with Gasteiger partial charge in [-0.15, -0.1) is 0 Å². The van der Waals surface area contributed by atoms with Crippen LogP contribution in [0, 0.1) is 23.9 Å². The van der Waals surface area contributed by atoms with Crippen LogP contribution in [0.25, 0.3) is 0 Å². The lowest BCUT2D eigenvalue weighted by molar-refractivity contribution is -0.438. The number of ether oxygens (including phenoxy) is 2. The first kappa shape index (κ1) is 89.4. The molecule has 2 saturated heterocycles. The van der Waals surface area contributed by atoms with E-state index in [1.54, 1.807) is 42.5 Å². The lowest BCUT2D eigenvalue weighted by Gasteiger charge is -2.27. The molecule has 8 atom stereocenters. The van der Waals surface area contributed by atoms with Gasteiger partial charge in [-0.25, -0.2) is 37.0 Å². The summed E-state index contributed by atoms with van der Waals surface area (Å²) >= 11 is 0. The SMILES string of the molecule is CC1(C)C(/C=C/C=C/C=C/C=C2/N(CCCCCC(=O)NC#Cc3cn(C4CCC(COP(=O)(O)OP(=O)(O)OP(=O)(O)O)O4)c(=O)[nH]c3=O)c3ccc(S(=O)(=O)O)cc3C2(C)C)=[N+](CCCCCC(=O)NC#Cc2cn(C3CCC(COP(=O)(O)OP(=O)(O)OP(=O)(O)O)O3)c(=O)[nH]c2=O)c2ccc(S(=O)(=O)O)cc21. The van der Waals surface area contributed by atoms with Crippen molar-refractivity contribution in [2.45, 2.75) is 150 Å². The highest BCUT2D eigenvalue weighted by atomic mass is 32.2. The number of hydrogen-bond donors (Lipinski definition) is 14. The van der Waals surface area contributed by atoms with Crippen molar-refractivity contribution in [2.75, 3.05) is 31.2 Å². The number of aromatic amines is 2. The second kappa shape index (κ2) is 36.1. The maximum atomic E-state index is 12.9. The summed E-state index contributed by atoms with van der Waals surface area (Å²) < 4.78 is 178. The molecule has 4 aromatic rings. The number of phosphoric acid groups is 6. The van der Waals surface area contributed by atoms with E-state index >= 15 is 0 Å². The highest BCUT2D eigenvalue weighted by Crippen LogP contribution is 2.67. The van der Waals surface area contributed by atoms with Gasteiger partial charge in [-0.05, 0) is 119 Å². The molecule has 606 valence electrons. The number of amides is 2. The number of benzene rings is 2. The molecule has 0 spiro atoms. The minimum Gasteiger partial charge on any atom is -0.352 e. The number of rotatable bonds is 34. The fourth-order valence-electron chi connectivity index (χ4n) is 12.1. The predicted molar refractivity (Wildman–Crippen MR) is 387 cm³/mol. The summed E-state index contributed by atoms with van der Waals surface area (Å²) in [6, 6.07) is 13.4. The average molecular weight is 1720 g/mol. The molecule has 8 rings (SSSR count). The Hall–Kier alpha value is -7.15. The molecule has 8 unspecified atom stereocenters. The Balaban J connectivity index is 0.849. The van der Waals surface area contributed by atoms with Crippen LogP contribution in [0.3, 0.4) is 0 Å². The molecule has 2 fully saturated rings. The number of nitrogens with zero attached hydrogens (tertiary/aromatic N) is 4. The summed E-state index contributed by atoms with van der Waals surface area (Å²) in [6.07, 6.45) is 13.5. The lowest BCUT2D eigenvalue weighted by atomic mass is 9.81. The van der Waals surface area contributed by atoms with Gasteiger partial charge < -0.3 is 53.5 Å². The first-order valence-corrected chi connectivity index (χ1v) is 44.9. The van der Waals surface area contributed by atoms with Crippen molar-refractivity contribution in [1.82, 2.24) is 29.7 Å². The van der Waals surface area contributed by atoms with Gasteiger partial charge >= 0.3 is 58.3 Å². The second-order valence-corrected chi connectivity index (χ2v) is 37.6. The molecule has 2 aromatic carbocycles. The van der Waals surface area contributed by atoms with Gasteiger partial charge in [0.1, 0.15) is 30.1 Å². The standard InChI is InChI=1S/C61H76N8O34P6S2/c1-60(2)46-34-44(110(90,91)92)22-24-48(46)66(32-14-8-12-18-52(70)62-30-28-40-36-68(58(74)64-56(40)72)54-26-20-42(98-54)38-96-106(82,83)102-108(86,87)100-104(76,77)78)50(60)16-10-6-5-7-11-17-51-61(3,4)47-35-45(111(93,94)95)23-25-49(47)67(51)33-15-9-13-19-53(71)63-31-29-41-37-69(59(75)65-57(41)73)55-27-21-43(99-55)39-97-107(84,85)103-109(88,89)101-105(79,80)81/h5-7,10-11,16-17,22-25,34-37,42-43,54-55H,8-9,12-15,18-21,26-27,32-33,38-39H2,1-4H3,(H13-,62,63,64,65,70,71,72,73,74,75,76,77,78,79,80,81,82,83,84,85,86,87,88,89,90,91,92,93,94,95)/p+1. The third kappa shape index (κ3) is 25.4. The van der Waals surface area contributed by atoms with Crippen LogP contribution in [0.1, 0.15) is 139 Å². The molecule has 42 nitrogen and oxygen atoms in total. The first-order valence-electron chi connectivity index (χ1n) is 33.0. The van der Waals surface area contributed by atoms with E-state index in [9.17, 15) is 102 Å². The topological polar surface area (TPSA) is 621 Å². The van der Waals surface area contributed by atoms with E-state index in [2.05, 4.69) is 70.8 Å². The first-order chi connectivity index (χ1) is 51.4. The summed E-state index contributed by atoms with van der Waals surface area (Å²) in [6.45, 7) is 6.80. The van der Waals surface area contributed by atoms with Gasteiger partial charge in [0.25, 0.3) is 31.4 Å². The second-order valence-electron chi connectivity index (χ2n) is 25.9.